The van der Waals surface area contributed by atoms with Crippen molar-refractivity contribution in [2.75, 3.05) is 0 Å². The number of rotatable bonds is 2. The molecule has 0 amide bonds. The largest absolute Gasteiger partial charge is 0.507 e. The van der Waals surface area contributed by atoms with Crippen LogP contribution < -0.4 is 0 Å². The second-order valence-electron chi connectivity index (χ2n) is 4.94. The molecule has 0 saturated heterocycles. The number of nitrogens with zero attached hydrogens (tertiary/aromatic N) is 1. The van der Waals surface area contributed by atoms with Crippen molar-refractivity contribution in [3.8, 4) is 5.75 Å². The summed E-state index contributed by atoms with van der Waals surface area (Å²) in [5, 5.41) is 9.74. The van der Waals surface area contributed by atoms with E-state index >= 15 is 0 Å². The second-order valence-corrected chi connectivity index (χ2v) is 4.94. The number of fused-ring (bicyclic) bond motifs is 1. The van der Waals surface area contributed by atoms with E-state index in [2.05, 4.69) is 29.3 Å². The Bertz CT molecular complexity index is 604. The highest BCUT2D eigenvalue weighted by atomic mass is 16.3. The average Bonchev–Trinajstić information content (AvgIpc) is 2.46. The minimum absolute atomic E-state index is 0.226. The predicted octanol–water partition coefficient (Wildman–Crippen LogP) is 3.89. The van der Waals surface area contributed by atoms with Crippen LogP contribution in [-0.4, -0.2) is 11.3 Å². The third-order valence-corrected chi connectivity index (χ3v) is 3.67. The monoisotopic (exact) mass is 251 g/mol. The van der Waals surface area contributed by atoms with Gasteiger partial charge in [0.25, 0.3) is 0 Å². The van der Waals surface area contributed by atoms with E-state index in [1.54, 1.807) is 12.3 Å². The molecule has 2 aromatic carbocycles. The van der Waals surface area contributed by atoms with Crippen molar-refractivity contribution in [2.24, 2.45) is 4.99 Å². The molecule has 0 spiro atoms. The molecule has 19 heavy (non-hydrogen) atoms. The zero-order chi connectivity index (χ0) is 13.1. The number of para-hydroxylation sites is 1. The summed E-state index contributed by atoms with van der Waals surface area (Å²) in [4.78, 5) is 4.67. The van der Waals surface area contributed by atoms with Gasteiger partial charge < -0.3 is 5.11 Å². The quantitative estimate of drug-likeness (QED) is 0.807. The van der Waals surface area contributed by atoms with Gasteiger partial charge in [0.15, 0.2) is 0 Å². The molecule has 0 bridgehead atoms. The van der Waals surface area contributed by atoms with Crippen LogP contribution in [0.2, 0.25) is 0 Å². The Balaban J connectivity index is 1.87. The lowest BCUT2D eigenvalue weighted by atomic mass is 9.88. The molecule has 2 nitrogen and oxygen atoms in total. The van der Waals surface area contributed by atoms with Gasteiger partial charge in [0.2, 0.25) is 0 Å². The highest BCUT2D eigenvalue weighted by molar-refractivity contribution is 5.83. The maximum atomic E-state index is 9.74. The smallest absolute Gasteiger partial charge is 0.124 e. The Morgan fingerprint density at radius 1 is 1.05 bits per heavy atom. The van der Waals surface area contributed by atoms with Gasteiger partial charge in [-0.3, -0.25) is 4.99 Å². The summed E-state index contributed by atoms with van der Waals surface area (Å²) in [6.07, 6.45) is 5.21. The first-order valence-corrected chi connectivity index (χ1v) is 6.73. The van der Waals surface area contributed by atoms with E-state index in [0.29, 0.717) is 0 Å². The molecule has 1 aliphatic rings. The van der Waals surface area contributed by atoms with Gasteiger partial charge in [0.1, 0.15) is 5.75 Å². The third kappa shape index (κ3) is 2.53. The number of aryl methyl sites for hydroxylation is 1. The maximum absolute atomic E-state index is 9.74. The fourth-order valence-electron chi connectivity index (χ4n) is 2.65. The van der Waals surface area contributed by atoms with Gasteiger partial charge in [-0.25, -0.2) is 0 Å². The molecular formula is C17H17NO. The van der Waals surface area contributed by atoms with Crippen LogP contribution in [0.3, 0.4) is 0 Å². The molecule has 1 atom stereocenters. The fourth-order valence-corrected chi connectivity index (χ4v) is 2.65. The van der Waals surface area contributed by atoms with Crippen LogP contribution in [0.4, 0.5) is 0 Å². The summed E-state index contributed by atoms with van der Waals surface area (Å²) >= 11 is 0. The van der Waals surface area contributed by atoms with Crippen molar-refractivity contribution in [2.45, 2.75) is 25.3 Å². The molecular weight excluding hydrogens is 234 g/mol. The minimum atomic E-state index is 0.226. The molecule has 1 aliphatic carbocycles. The Kier molecular flexibility index (Phi) is 3.32. The summed E-state index contributed by atoms with van der Waals surface area (Å²) in [5.41, 5.74) is 3.53. The number of aliphatic imine (C=N–C) groups is 1. The molecule has 2 aromatic rings. The number of phenols is 1. The molecule has 96 valence electrons. The number of aromatic hydroxyl groups is 1. The summed E-state index contributed by atoms with van der Waals surface area (Å²) in [5.74, 6) is 0.287. The Hall–Kier alpha value is -2.09. The molecule has 0 aliphatic heterocycles. The highest BCUT2D eigenvalue weighted by Gasteiger charge is 2.18. The third-order valence-electron chi connectivity index (χ3n) is 3.67. The zero-order valence-electron chi connectivity index (χ0n) is 10.8. The topological polar surface area (TPSA) is 32.6 Å². The molecule has 2 heteroatoms. The Morgan fingerprint density at radius 2 is 1.84 bits per heavy atom. The van der Waals surface area contributed by atoms with Crippen LogP contribution >= 0.6 is 0 Å². The maximum Gasteiger partial charge on any atom is 0.124 e. The molecule has 0 aromatic heterocycles. The van der Waals surface area contributed by atoms with E-state index in [0.717, 1.165) is 18.4 Å². The van der Waals surface area contributed by atoms with Gasteiger partial charge >= 0.3 is 0 Å². The SMILES string of the molecule is Oc1ccccc1C=N[C@H]1CCCc2ccccc21. The lowest BCUT2D eigenvalue weighted by molar-refractivity contribution is 0.474. The number of phenolic OH excluding ortho intramolecular Hbond substituents is 1. The Morgan fingerprint density at radius 3 is 2.74 bits per heavy atom. The first-order valence-electron chi connectivity index (χ1n) is 6.73. The molecule has 1 N–H and O–H groups in total. The van der Waals surface area contributed by atoms with Crippen molar-refractivity contribution in [1.29, 1.82) is 0 Å². The van der Waals surface area contributed by atoms with Crippen molar-refractivity contribution in [1.82, 2.24) is 0 Å². The van der Waals surface area contributed by atoms with Crippen molar-refractivity contribution in [3.63, 3.8) is 0 Å². The van der Waals surface area contributed by atoms with E-state index in [-0.39, 0.29) is 11.8 Å². The number of hydrogen-bond acceptors (Lipinski definition) is 2. The molecule has 0 fully saturated rings. The standard InChI is InChI=1S/C17H17NO/c19-17-11-4-2-7-14(17)12-18-16-10-5-8-13-6-1-3-9-15(13)16/h1-4,6-7,9,11-12,16,19H,5,8,10H2/t16-/m0/s1. The molecule has 0 heterocycles. The van der Waals surface area contributed by atoms with Gasteiger partial charge in [-0.1, -0.05) is 36.4 Å². The Labute approximate surface area is 113 Å². The first-order chi connectivity index (χ1) is 9.34. The summed E-state index contributed by atoms with van der Waals surface area (Å²) in [6, 6.07) is 16.1. The average molecular weight is 251 g/mol. The van der Waals surface area contributed by atoms with Crippen LogP contribution in [0.5, 0.6) is 5.75 Å². The van der Waals surface area contributed by atoms with Gasteiger partial charge in [0.05, 0.1) is 6.04 Å². The van der Waals surface area contributed by atoms with E-state index < -0.39 is 0 Å². The van der Waals surface area contributed by atoms with Crippen LogP contribution in [-0.2, 0) is 6.42 Å². The van der Waals surface area contributed by atoms with Crippen LogP contribution in [0.25, 0.3) is 0 Å². The second kappa shape index (κ2) is 5.27. The summed E-state index contributed by atoms with van der Waals surface area (Å²) < 4.78 is 0. The van der Waals surface area contributed by atoms with E-state index in [4.69, 9.17) is 0 Å². The molecule has 0 radical (unpaired) electrons. The summed E-state index contributed by atoms with van der Waals surface area (Å²) in [7, 11) is 0. The fraction of sp³-hybridized carbons (Fsp3) is 0.235. The van der Waals surface area contributed by atoms with Crippen LogP contribution in [0, 0.1) is 0 Å². The molecule has 0 unspecified atom stereocenters. The first kappa shape index (κ1) is 12.0. The van der Waals surface area contributed by atoms with Crippen LogP contribution in [0.15, 0.2) is 53.5 Å². The number of hydrogen-bond donors (Lipinski definition) is 1. The normalized spacial score (nSPS) is 18.4. The van der Waals surface area contributed by atoms with Gasteiger partial charge in [-0.05, 0) is 42.5 Å². The van der Waals surface area contributed by atoms with Crippen molar-refractivity contribution < 1.29 is 5.11 Å². The zero-order valence-corrected chi connectivity index (χ0v) is 10.8. The van der Waals surface area contributed by atoms with Gasteiger partial charge in [-0.2, -0.15) is 0 Å². The highest BCUT2D eigenvalue weighted by Crippen LogP contribution is 2.32. The van der Waals surface area contributed by atoms with Gasteiger partial charge in [0, 0.05) is 11.8 Å². The van der Waals surface area contributed by atoms with Crippen LogP contribution in [0.1, 0.15) is 35.6 Å². The van der Waals surface area contributed by atoms with E-state index in [1.165, 1.54) is 17.5 Å². The van der Waals surface area contributed by atoms with E-state index in [1.807, 2.05) is 18.2 Å². The number of benzene rings is 2. The molecule has 3 rings (SSSR count). The lowest BCUT2D eigenvalue weighted by Gasteiger charge is -2.22. The van der Waals surface area contributed by atoms with E-state index in [9.17, 15) is 5.11 Å². The molecule has 0 saturated carbocycles. The summed E-state index contributed by atoms with van der Waals surface area (Å²) in [6.45, 7) is 0. The van der Waals surface area contributed by atoms with Gasteiger partial charge in [-0.15, -0.1) is 0 Å². The van der Waals surface area contributed by atoms with Crippen molar-refractivity contribution in [3.05, 3.63) is 65.2 Å². The minimum Gasteiger partial charge on any atom is -0.507 e. The lowest BCUT2D eigenvalue weighted by Crippen LogP contribution is -2.07. The van der Waals surface area contributed by atoms with Crippen molar-refractivity contribution >= 4 is 6.21 Å². The predicted molar refractivity (Wildman–Crippen MR) is 77.8 cm³/mol.